The van der Waals surface area contributed by atoms with E-state index in [1.54, 1.807) is 6.07 Å². The van der Waals surface area contributed by atoms with Crippen molar-refractivity contribution in [2.45, 2.75) is 45.9 Å². The van der Waals surface area contributed by atoms with Crippen molar-refractivity contribution < 1.29 is 22.7 Å². The van der Waals surface area contributed by atoms with Crippen LogP contribution in [0.1, 0.15) is 54.4 Å². The average Bonchev–Trinajstić information content (AvgIpc) is 3.64. The van der Waals surface area contributed by atoms with Crippen LogP contribution in [0.3, 0.4) is 0 Å². The second-order valence-electron chi connectivity index (χ2n) is 10.6. The molecule has 9 heteroatoms. The van der Waals surface area contributed by atoms with Gasteiger partial charge >= 0.3 is 0 Å². The summed E-state index contributed by atoms with van der Waals surface area (Å²) in [6.45, 7) is 6.69. The lowest BCUT2D eigenvalue weighted by atomic mass is 10.0. The van der Waals surface area contributed by atoms with Crippen molar-refractivity contribution in [1.29, 1.82) is 0 Å². The van der Waals surface area contributed by atoms with Crippen LogP contribution < -0.4 is 9.46 Å². The van der Waals surface area contributed by atoms with Crippen LogP contribution >= 0.6 is 0 Å². The van der Waals surface area contributed by atoms with Crippen LogP contribution in [0.25, 0.3) is 33.3 Å². The Hall–Kier alpha value is -3.76. The van der Waals surface area contributed by atoms with Gasteiger partial charge in [-0.3, -0.25) is 0 Å². The molecule has 41 heavy (non-hydrogen) atoms. The van der Waals surface area contributed by atoms with Crippen LogP contribution in [0.2, 0.25) is 0 Å². The van der Waals surface area contributed by atoms with Gasteiger partial charge in [0.15, 0.2) is 5.76 Å². The summed E-state index contributed by atoms with van der Waals surface area (Å²) in [5.74, 6) is 1.06. The number of furan rings is 1. The highest BCUT2D eigenvalue weighted by molar-refractivity contribution is 7.87. The van der Waals surface area contributed by atoms with E-state index in [-0.39, 0.29) is 6.10 Å². The first-order valence-electron chi connectivity index (χ1n) is 13.8. The largest absolute Gasteiger partial charge is 0.485 e. The molecule has 0 bridgehead atoms. The number of aryl methyl sites for hydroxylation is 2. The summed E-state index contributed by atoms with van der Waals surface area (Å²) in [5.41, 5.74) is 4.90. The first kappa shape index (κ1) is 27.4. The van der Waals surface area contributed by atoms with Gasteiger partial charge in [-0.05, 0) is 62.9 Å². The summed E-state index contributed by atoms with van der Waals surface area (Å²) < 4.78 is 42.9. The summed E-state index contributed by atoms with van der Waals surface area (Å²) in [7, 11) is -3.92. The third-order valence-electron chi connectivity index (χ3n) is 7.76. The van der Waals surface area contributed by atoms with Gasteiger partial charge in [-0.2, -0.15) is 17.4 Å². The van der Waals surface area contributed by atoms with Gasteiger partial charge in [-0.25, -0.2) is 4.98 Å². The molecule has 3 heterocycles. The highest BCUT2D eigenvalue weighted by Gasteiger charge is 2.30. The molecule has 0 saturated carbocycles. The molecule has 8 nitrogen and oxygen atoms in total. The Morgan fingerprint density at radius 1 is 1.00 bits per heavy atom. The Kier molecular flexibility index (Phi) is 7.29. The molecule has 2 aromatic heterocycles. The quantitative estimate of drug-likeness (QED) is 0.211. The average molecular weight is 572 g/mol. The summed E-state index contributed by atoms with van der Waals surface area (Å²) >= 11 is 0. The minimum atomic E-state index is -3.92. The molecular weight excluding hydrogens is 538 g/mol. The number of nitrogens with one attached hydrogen (secondary N) is 1. The SMILES string of the molecule is Cc1c(-c2cc(C(O)NS(=O)(=O)N3CCCC3)c3c(O[C@H](C)c4ccccc4)ccc(C)c3n2)oc2ccccc12. The van der Waals surface area contributed by atoms with Crippen LogP contribution in [0.5, 0.6) is 5.75 Å². The zero-order valence-electron chi connectivity index (χ0n) is 23.3. The first-order valence-corrected chi connectivity index (χ1v) is 15.3. The first-order chi connectivity index (χ1) is 19.7. The molecule has 1 saturated heterocycles. The number of pyridine rings is 1. The maximum Gasteiger partial charge on any atom is 0.281 e. The van der Waals surface area contributed by atoms with E-state index < -0.39 is 16.4 Å². The molecule has 0 amide bonds. The van der Waals surface area contributed by atoms with Crippen LogP contribution in [0, 0.1) is 13.8 Å². The lowest BCUT2D eigenvalue weighted by Crippen LogP contribution is -2.40. The number of aliphatic hydroxyl groups excluding tert-OH is 1. The Balaban J connectivity index is 1.52. The van der Waals surface area contributed by atoms with Crippen LogP contribution in [0.15, 0.2) is 77.2 Å². The lowest BCUT2D eigenvalue weighted by molar-refractivity contribution is 0.164. The molecule has 1 fully saturated rings. The summed E-state index contributed by atoms with van der Waals surface area (Å²) in [5, 5.41) is 13.0. The number of nitrogens with zero attached hydrogens (tertiary/aromatic N) is 2. The van der Waals surface area contributed by atoms with E-state index in [1.165, 1.54) is 4.31 Å². The second kappa shape index (κ2) is 10.9. The third kappa shape index (κ3) is 5.22. The van der Waals surface area contributed by atoms with Gasteiger partial charge in [0.1, 0.15) is 29.4 Å². The van der Waals surface area contributed by atoms with Crippen molar-refractivity contribution >= 4 is 32.1 Å². The molecule has 6 rings (SSSR count). The Morgan fingerprint density at radius 2 is 1.71 bits per heavy atom. The van der Waals surface area contributed by atoms with E-state index in [4.69, 9.17) is 14.1 Å². The molecular formula is C32H33N3O5S. The van der Waals surface area contributed by atoms with E-state index in [1.807, 2.05) is 87.5 Å². The van der Waals surface area contributed by atoms with Crippen molar-refractivity contribution in [2.75, 3.05) is 13.1 Å². The zero-order chi connectivity index (χ0) is 28.7. The molecule has 212 valence electrons. The smallest absolute Gasteiger partial charge is 0.281 e. The predicted octanol–water partition coefficient (Wildman–Crippen LogP) is 6.33. The topological polar surface area (TPSA) is 105 Å². The highest BCUT2D eigenvalue weighted by Crippen LogP contribution is 2.40. The summed E-state index contributed by atoms with van der Waals surface area (Å²) in [4.78, 5) is 4.99. The van der Waals surface area contributed by atoms with Crippen molar-refractivity contribution in [3.05, 3.63) is 95.1 Å². The number of hydrogen-bond donors (Lipinski definition) is 2. The van der Waals surface area contributed by atoms with Gasteiger partial charge in [0.2, 0.25) is 0 Å². The maximum atomic E-state index is 13.2. The van der Waals surface area contributed by atoms with E-state index in [9.17, 15) is 13.5 Å². The van der Waals surface area contributed by atoms with Crippen molar-refractivity contribution in [3.8, 4) is 17.2 Å². The standard InChI is InChI=1S/C32H33N3O5S/c1-20-15-16-28(39-22(3)23-11-5-4-6-12-23)29-25(32(36)34-41(37,38)35-17-9-10-18-35)19-26(33-30(20)29)31-21(2)24-13-7-8-14-27(24)40-31/h4-8,11-16,19,22,32,34,36H,9-10,17-18H2,1-3H3/t22-,32?/m1/s1. The van der Waals surface area contributed by atoms with Gasteiger partial charge in [-0.15, -0.1) is 0 Å². The highest BCUT2D eigenvalue weighted by atomic mass is 32.2. The second-order valence-corrected chi connectivity index (χ2v) is 12.3. The number of fused-ring (bicyclic) bond motifs is 2. The number of aromatic nitrogens is 1. The van der Waals surface area contributed by atoms with E-state index in [0.717, 1.165) is 40.5 Å². The fourth-order valence-electron chi connectivity index (χ4n) is 5.51. The van der Waals surface area contributed by atoms with Gasteiger partial charge < -0.3 is 14.3 Å². The van der Waals surface area contributed by atoms with Crippen LogP contribution in [0.4, 0.5) is 0 Å². The summed E-state index contributed by atoms with van der Waals surface area (Å²) in [6.07, 6.45) is -0.269. The van der Waals surface area contributed by atoms with E-state index in [0.29, 0.717) is 46.8 Å². The molecule has 1 aliphatic rings. The molecule has 1 unspecified atom stereocenters. The Bertz CT molecular complexity index is 1830. The number of benzene rings is 3. The molecule has 2 N–H and O–H groups in total. The fraction of sp³-hybridized carbons (Fsp3) is 0.281. The molecule has 3 aromatic carbocycles. The van der Waals surface area contributed by atoms with Gasteiger partial charge in [0, 0.05) is 35.0 Å². The minimum Gasteiger partial charge on any atom is -0.485 e. The third-order valence-corrected chi connectivity index (χ3v) is 9.33. The molecule has 5 aromatic rings. The van der Waals surface area contributed by atoms with E-state index >= 15 is 0 Å². The zero-order valence-corrected chi connectivity index (χ0v) is 24.1. The number of aliphatic hydroxyl groups is 1. The van der Waals surface area contributed by atoms with Gasteiger partial charge in [0.25, 0.3) is 10.2 Å². The number of para-hydroxylation sites is 1. The molecule has 0 spiro atoms. The lowest BCUT2D eigenvalue weighted by Gasteiger charge is -2.23. The van der Waals surface area contributed by atoms with Crippen LogP contribution in [-0.2, 0) is 10.2 Å². The number of ether oxygens (including phenoxy) is 1. The predicted molar refractivity (Wildman–Crippen MR) is 160 cm³/mol. The normalized spacial score (nSPS) is 15.9. The molecule has 1 aliphatic heterocycles. The van der Waals surface area contributed by atoms with Gasteiger partial charge in [-0.1, -0.05) is 54.6 Å². The van der Waals surface area contributed by atoms with Gasteiger partial charge in [0.05, 0.1) is 5.52 Å². The van der Waals surface area contributed by atoms with Crippen LogP contribution in [-0.4, -0.2) is 35.9 Å². The van der Waals surface area contributed by atoms with Crippen molar-refractivity contribution in [3.63, 3.8) is 0 Å². The maximum absolute atomic E-state index is 13.2. The molecule has 0 aliphatic carbocycles. The Morgan fingerprint density at radius 3 is 2.44 bits per heavy atom. The van der Waals surface area contributed by atoms with Crippen molar-refractivity contribution in [1.82, 2.24) is 14.0 Å². The number of rotatable bonds is 8. The molecule has 0 radical (unpaired) electrons. The monoisotopic (exact) mass is 571 g/mol. The fourth-order valence-corrected chi connectivity index (χ4v) is 6.81. The molecule has 2 atom stereocenters. The van der Waals surface area contributed by atoms with Crippen molar-refractivity contribution in [2.24, 2.45) is 0 Å². The summed E-state index contributed by atoms with van der Waals surface area (Å²) in [6, 6.07) is 23.0. The van der Waals surface area contributed by atoms with E-state index in [2.05, 4.69) is 4.72 Å². The number of hydrogen-bond acceptors (Lipinski definition) is 6. The Labute approximate surface area is 239 Å². The minimum absolute atomic E-state index is 0.300.